The van der Waals surface area contributed by atoms with Crippen LogP contribution in [0.4, 0.5) is 0 Å². The van der Waals surface area contributed by atoms with Gasteiger partial charge in [-0.05, 0) is 25.7 Å². The molecule has 1 amide bonds. The van der Waals surface area contributed by atoms with Gasteiger partial charge in [-0.2, -0.15) is 0 Å². The number of hydrogen-bond acceptors (Lipinski definition) is 5. The van der Waals surface area contributed by atoms with E-state index in [-0.39, 0.29) is 18.6 Å². The monoisotopic (exact) mass is 311 g/mol. The molecule has 0 bridgehead atoms. The van der Waals surface area contributed by atoms with Gasteiger partial charge in [0.25, 0.3) is 5.56 Å². The highest BCUT2D eigenvalue weighted by Crippen LogP contribution is 2.12. The Bertz CT molecular complexity index is 589. The van der Waals surface area contributed by atoms with Gasteiger partial charge in [-0.3, -0.25) is 14.6 Å². The molecule has 1 fully saturated rings. The normalized spacial score (nSPS) is 18.1. The maximum absolute atomic E-state index is 11.6. The molecule has 0 spiro atoms. The van der Waals surface area contributed by atoms with Crippen LogP contribution >= 0.6 is 0 Å². The summed E-state index contributed by atoms with van der Waals surface area (Å²) in [6.45, 7) is 1.46. The van der Waals surface area contributed by atoms with Crippen LogP contribution in [0.2, 0.25) is 0 Å². The molecule has 1 aliphatic rings. The van der Waals surface area contributed by atoms with Crippen molar-refractivity contribution in [3.05, 3.63) is 32.6 Å². The molecule has 0 unspecified atom stereocenters. The van der Waals surface area contributed by atoms with Crippen LogP contribution in [0.5, 0.6) is 0 Å². The minimum absolute atomic E-state index is 0.0260. The zero-order valence-corrected chi connectivity index (χ0v) is 12.4. The highest BCUT2D eigenvalue weighted by atomic mass is 16.5. The maximum atomic E-state index is 11.6. The first-order chi connectivity index (χ1) is 10.6. The Labute approximate surface area is 127 Å². The van der Waals surface area contributed by atoms with Crippen LogP contribution < -0.4 is 16.6 Å². The smallest absolute Gasteiger partial charge is 0.325 e. The minimum atomic E-state index is -0.545. The van der Waals surface area contributed by atoms with Crippen LogP contribution in [0, 0.1) is 0 Å². The Morgan fingerprint density at radius 1 is 1.41 bits per heavy atom. The molecule has 22 heavy (non-hydrogen) atoms. The zero-order chi connectivity index (χ0) is 15.8. The van der Waals surface area contributed by atoms with E-state index in [1.165, 1.54) is 6.20 Å². The number of aromatic amines is 2. The number of H-pyrrole nitrogens is 2. The molecule has 0 radical (unpaired) electrons. The number of amides is 1. The summed E-state index contributed by atoms with van der Waals surface area (Å²) in [6.07, 6.45) is 4.96. The Kier molecular flexibility index (Phi) is 6.35. The third-order valence-electron chi connectivity index (χ3n) is 3.42. The highest BCUT2D eigenvalue weighted by Gasteiger charge is 2.14. The molecule has 0 saturated carbocycles. The topological polar surface area (TPSA) is 113 Å². The Hall–Kier alpha value is -1.93. The summed E-state index contributed by atoms with van der Waals surface area (Å²) in [7, 11) is 0. The Morgan fingerprint density at radius 3 is 3.00 bits per heavy atom. The summed E-state index contributed by atoms with van der Waals surface area (Å²) in [5.74, 6) is -0.239. The van der Waals surface area contributed by atoms with Crippen molar-refractivity contribution in [3.63, 3.8) is 0 Å². The molecule has 8 heteroatoms. The van der Waals surface area contributed by atoms with E-state index in [1.807, 2.05) is 0 Å². The van der Waals surface area contributed by atoms with Crippen molar-refractivity contribution in [1.82, 2.24) is 15.3 Å². The van der Waals surface area contributed by atoms with E-state index in [1.54, 1.807) is 0 Å². The molecule has 1 saturated heterocycles. The van der Waals surface area contributed by atoms with Gasteiger partial charge in [0.1, 0.15) is 6.61 Å². The SMILES string of the molecule is O=C(COC[C@H]1CCCCO1)NCCc1c[nH]c(=O)[nH]c1=O. The van der Waals surface area contributed by atoms with Gasteiger partial charge in [-0.25, -0.2) is 4.79 Å². The summed E-state index contributed by atoms with van der Waals surface area (Å²) in [5.41, 5.74) is -0.573. The molecular formula is C14H21N3O5. The first-order valence-corrected chi connectivity index (χ1v) is 7.42. The Balaban J connectivity index is 1.61. The number of nitrogens with one attached hydrogen (secondary N) is 3. The van der Waals surface area contributed by atoms with Gasteiger partial charge in [0.15, 0.2) is 0 Å². The summed E-state index contributed by atoms with van der Waals surface area (Å²) >= 11 is 0. The summed E-state index contributed by atoms with van der Waals surface area (Å²) < 4.78 is 10.8. The minimum Gasteiger partial charge on any atom is -0.376 e. The second-order valence-corrected chi connectivity index (χ2v) is 5.20. The largest absolute Gasteiger partial charge is 0.376 e. The van der Waals surface area contributed by atoms with Gasteiger partial charge in [0.2, 0.25) is 5.91 Å². The van der Waals surface area contributed by atoms with Crippen LogP contribution in [0.3, 0.4) is 0 Å². The molecule has 2 heterocycles. The summed E-state index contributed by atoms with van der Waals surface area (Å²) in [4.78, 5) is 38.4. The fourth-order valence-corrected chi connectivity index (χ4v) is 2.23. The van der Waals surface area contributed by atoms with Crippen molar-refractivity contribution in [2.45, 2.75) is 31.8 Å². The molecule has 1 aromatic heterocycles. The zero-order valence-electron chi connectivity index (χ0n) is 12.4. The number of rotatable bonds is 7. The van der Waals surface area contributed by atoms with E-state index in [9.17, 15) is 14.4 Å². The van der Waals surface area contributed by atoms with Crippen molar-refractivity contribution in [1.29, 1.82) is 0 Å². The van der Waals surface area contributed by atoms with Crippen molar-refractivity contribution in [3.8, 4) is 0 Å². The summed E-state index contributed by atoms with van der Waals surface area (Å²) in [6, 6.07) is 0. The van der Waals surface area contributed by atoms with Gasteiger partial charge in [0.05, 0.1) is 12.7 Å². The lowest BCUT2D eigenvalue weighted by molar-refractivity contribution is -0.127. The molecule has 0 aliphatic carbocycles. The second kappa shape index (κ2) is 8.50. The lowest BCUT2D eigenvalue weighted by Gasteiger charge is -2.22. The molecule has 3 N–H and O–H groups in total. The number of aromatic nitrogens is 2. The van der Waals surface area contributed by atoms with Crippen LogP contribution in [-0.2, 0) is 20.7 Å². The van der Waals surface area contributed by atoms with E-state index in [4.69, 9.17) is 9.47 Å². The van der Waals surface area contributed by atoms with Crippen molar-refractivity contribution in [2.24, 2.45) is 0 Å². The predicted molar refractivity (Wildman–Crippen MR) is 78.8 cm³/mol. The maximum Gasteiger partial charge on any atom is 0.325 e. The second-order valence-electron chi connectivity index (χ2n) is 5.20. The van der Waals surface area contributed by atoms with Crippen LogP contribution in [-0.4, -0.2) is 48.3 Å². The average Bonchev–Trinajstić information content (AvgIpc) is 2.50. The number of hydrogen-bond donors (Lipinski definition) is 3. The van der Waals surface area contributed by atoms with Crippen molar-refractivity contribution in [2.75, 3.05) is 26.4 Å². The lowest BCUT2D eigenvalue weighted by atomic mass is 10.1. The predicted octanol–water partition coefficient (Wildman–Crippen LogP) is -0.692. The van der Waals surface area contributed by atoms with Gasteiger partial charge < -0.3 is 19.8 Å². The molecule has 122 valence electrons. The number of carbonyl (C=O) groups excluding carboxylic acids is 1. The van der Waals surface area contributed by atoms with E-state index in [0.717, 1.165) is 25.9 Å². The quantitative estimate of drug-likeness (QED) is 0.617. The van der Waals surface area contributed by atoms with Crippen LogP contribution in [0.1, 0.15) is 24.8 Å². The van der Waals surface area contributed by atoms with Crippen LogP contribution in [0.25, 0.3) is 0 Å². The standard InChI is InChI=1S/C14H21N3O5/c18-12(9-21-8-11-3-1-2-6-22-11)15-5-4-10-7-16-14(20)17-13(10)19/h7,11H,1-6,8-9H2,(H,15,18)(H2,16,17,19,20)/t11-/m1/s1. The fraction of sp³-hybridized carbons (Fsp3) is 0.643. The summed E-state index contributed by atoms with van der Waals surface area (Å²) in [5, 5.41) is 2.66. The third-order valence-corrected chi connectivity index (χ3v) is 3.42. The van der Waals surface area contributed by atoms with Crippen molar-refractivity contribution < 1.29 is 14.3 Å². The van der Waals surface area contributed by atoms with Gasteiger partial charge in [0, 0.05) is 24.9 Å². The number of ether oxygens (including phenoxy) is 2. The van der Waals surface area contributed by atoms with Crippen LogP contribution in [0.15, 0.2) is 15.8 Å². The van der Waals surface area contributed by atoms with E-state index < -0.39 is 11.2 Å². The van der Waals surface area contributed by atoms with E-state index in [0.29, 0.717) is 25.1 Å². The fourth-order valence-electron chi connectivity index (χ4n) is 2.23. The molecule has 1 atom stereocenters. The first-order valence-electron chi connectivity index (χ1n) is 7.42. The van der Waals surface area contributed by atoms with Gasteiger partial charge in [-0.1, -0.05) is 0 Å². The van der Waals surface area contributed by atoms with E-state index in [2.05, 4.69) is 15.3 Å². The first kappa shape index (κ1) is 16.4. The van der Waals surface area contributed by atoms with Gasteiger partial charge >= 0.3 is 5.69 Å². The number of carbonyl (C=O) groups is 1. The van der Waals surface area contributed by atoms with E-state index >= 15 is 0 Å². The van der Waals surface area contributed by atoms with Crippen molar-refractivity contribution >= 4 is 5.91 Å². The molecule has 8 nitrogen and oxygen atoms in total. The Morgan fingerprint density at radius 2 is 2.27 bits per heavy atom. The average molecular weight is 311 g/mol. The highest BCUT2D eigenvalue weighted by molar-refractivity contribution is 5.77. The molecule has 0 aromatic carbocycles. The third kappa shape index (κ3) is 5.45. The molecule has 2 rings (SSSR count). The molecule has 1 aromatic rings. The molecule has 1 aliphatic heterocycles. The lowest BCUT2D eigenvalue weighted by Crippen LogP contribution is -2.33. The van der Waals surface area contributed by atoms with Gasteiger partial charge in [-0.15, -0.1) is 0 Å². The molecular weight excluding hydrogens is 290 g/mol.